The summed E-state index contributed by atoms with van der Waals surface area (Å²) in [6, 6.07) is 1.76. The first-order valence-corrected chi connectivity index (χ1v) is 11.6. The topological polar surface area (TPSA) is 112 Å². The van der Waals surface area contributed by atoms with E-state index in [9.17, 15) is 19.5 Å². The predicted molar refractivity (Wildman–Crippen MR) is 116 cm³/mol. The van der Waals surface area contributed by atoms with Crippen LogP contribution in [0, 0.1) is 22.7 Å². The van der Waals surface area contributed by atoms with Gasteiger partial charge in [-0.3, -0.25) is 14.4 Å². The van der Waals surface area contributed by atoms with Crippen LogP contribution < -0.4 is 0 Å². The number of aliphatic hydroxyl groups is 1. The van der Waals surface area contributed by atoms with Gasteiger partial charge in [0.2, 0.25) is 0 Å². The SMILES string of the molecule is COC(=O)[C@@H]1c2ccoc2C[C@H]2[C@H]1[C@@H](OC(C)=O)C[C@@]1(O)C(C)(C)CC[C@H](OC(C)=O)[C@]21C. The van der Waals surface area contributed by atoms with Crippen molar-refractivity contribution in [2.45, 2.75) is 84.0 Å². The molecule has 1 N–H and O–H groups in total. The van der Waals surface area contributed by atoms with Gasteiger partial charge in [-0.1, -0.05) is 20.8 Å². The molecule has 3 aliphatic rings. The van der Waals surface area contributed by atoms with Crippen LogP contribution in [0.25, 0.3) is 0 Å². The normalized spacial score (nSPS) is 38.8. The van der Waals surface area contributed by atoms with Gasteiger partial charge in [0.15, 0.2) is 0 Å². The number of ether oxygens (including phenoxy) is 3. The molecular weight excluding hydrogens is 428 g/mol. The molecule has 2 fully saturated rings. The Balaban J connectivity index is 1.95. The van der Waals surface area contributed by atoms with Gasteiger partial charge in [0, 0.05) is 43.6 Å². The number of carbonyl (C=O) groups is 3. The summed E-state index contributed by atoms with van der Waals surface area (Å²) in [5.74, 6) is -2.26. The van der Waals surface area contributed by atoms with Crippen molar-refractivity contribution in [3.63, 3.8) is 0 Å². The Morgan fingerprint density at radius 2 is 1.79 bits per heavy atom. The summed E-state index contributed by atoms with van der Waals surface area (Å²) < 4.78 is 22.6. The molecule has 8 heteroatoms. The lowest BCUT2D eigenvalue weighted by atomic mass is 9.40. The molecule has 3 aliphatic carbocycles. The highest BCUT2D eigenvalue weighted by atomic mass is 16.6. The number of hydrogen-bond acceptors (Lipinski definition) is 8. The van der Waals surface area contributed by atoms with Crippen LogP contribution in [0.3, 0.4) is 0 Å². The highest BCUT2D eigenvalue weighted by Gasteiger charge is 2.73. The fraction of sp³-hybridized carbons (Fsp3) is 0.720. The second-order valence-electron chi connectivity index (χ2n) is 10.7. The fourth-order valence-corrected chi connectivity index (χ4v) is 7.24. The second kappa shape index (κ2) is 7.86. The minimum Gasteiger partial charge on any atom is -0.469 e. The third-order valence-electron chi connectivity index (χ3n) is 8.86. The molecule has 1 aromatic rings. The van der Waals surface area contributed by atoms with Crippen molar-refractivity contribution < 1.29 is 38.1 Å². The zero-order valence-corrected chi connectivity index (χ0v) is 20.2. The van der Waals surface area contributed by atoms with E-state index in [-0.39, 0.29) is 12.3 Å². The molecule has 2 saturated carbocycles. The quantitative estimate of drug-likeness (QED) is 0.539. The lowest BCUT2D eigenvalue weighted by Crippen LogP contribution is -2.74. The van der Waals surface area contributed by atoms with Crippen molar-refractivity contribution >= 4 is 17.9 Å². The van der Waals surface area contributed by atoms with Crippen molar-refractivity contribution in [1.82, 2.24) is 0 Å². The van der Waals surface area contributed by atoms with Crippen LogP contribution in [0.15, 0.2) is 16.7 Å². The monoisotopic (exact) mass is 462 g/mol. The molecule has 0 saturated heterocycles. The van der Waals surface area contributed by atoms with E-state index in [2.05, 4.69) is 0 Å². The molecule has 0 bridgehead atoms. The van der Waals surface area contributed by atoms with E-state index in [1.807, 2.05) is 20.8 Å². The number of methoxy groups -OCH3 is 1. The summed E-state index contributed by atoms with van der Waals surface area (Å²) in [6.07, 6.45) is 2.04. The minimum atomic E-state index is -1.33. The summed E-state index contributed by atoms with van der Waals surface area (Å²) in [4.78, 5) is 37.3. The Morgan fingerprint density at radius 1 is 1.12 bits per heavy atom. The standard InChI is InChI=1S/C25H34O8/c1-13(26)32-18-12-25(29)23(3,4)9-7-19(33-14(2)27)24(25,5)16-11-17-15(8-10-31-17)20(21(16)18)22(28)30-6/h8,10,16,18-21,29H,7,9,11-12H2,1-6H3/t16-,18-,19-,20+,21-,24-,25+/m0/s1. The zero-order valence-electron chi connectivity index (χ0n) is 20.2. The molecule has 0 aliphatic heterocycles. The van der Waals surface area contributed by atoms with Crippen LogP contribution in [-0.2, 0) is 35.0 Å². The van der Waals surface area contributed by atoms with Gasteiger partial charge < -0.3 is 23.7 Å². The highest BCUT2D eigenvalue weighted by Crippen LogP contribution is 2.67. The number of carbonyl (C=O) groups excluding carboxylic acids is 3. The van der Waals surface area contributed by atoms with Crippen LogP contribution in [-0.4, -0.2) is 47.9 Å². The first-order valence-electron chi connectivity index (χ1n) is 11.6. The molecule has 7 atom stereocenters. The van der Waals surface area contributed by atoms with Gasteiger partial charge in [-0.15, -0.1) is 0 Å². The Labute approximate surface area is 193 Å². The molecule has 1 heterocycles. The third kappa shape index (κ3) is 3.32. The molecule has 0 aromatic carbocycles. The largest absolute Gasteiger partial charge is 0.469 e. The van der Waals surface area contributed by atoms with Gasteiger partial charge in [-0.25, -0.2) is 0 Å². The lowest BCUT2D eigenvalue weighted by Gasteiger charge is -2.68. The number of rotatable bonds is 3. The molecule has 0 unspecified atom stereocenters. The maximum absolute atomic E-state index is 13.1. The number of furan rings is 1. The maximum Gasteiger partial charge on any atom is 0.313 e. The van der Waals surface area contributed by atoms with Gasteiger partial charge in [0.05, 0.1) is 24.9 Å². The minimum absolute atomic E-state index is 0.135. The van der Waals surface area contributed by atoms with Gasteiger partial charge in [-0.05, 0) is 30.2 Å². The Kier molecular flexibility index (Phi) is 5.67. The number of esters is 3. The van der Waals surface area contributed by atoms with E-state index in [0.717, 1.165) is 0 Å². The van der Waals surface area contributed by atoms with Gasteiger partial charge in [0.25, 0.3) is 0 Å². The molecular formula is C25H34O8. The summed E-state index contributed by atoms with van der Waals surface area (Å²) in [7, 11) is 1.33. The second-order valence-corrected chi connectivity index (χ2v) is 10.7. The Hall–Kier alpha value is -2.35. The first kappa shape index (κ1) is 23.8. The summed E-state index contributed by atoms with van der Waals surface area (Å²) >= 11 is 0. The van der Waals surface area contributed by atoms with Crippen molar-refractivity contribution in [3.8, 4) is 0 Å². The summed E-state index contributed by atoms with van der Waals surface area (Å²) in [5.41, 5.74) is -2.08. The number of hydrogen-bond donors (Lipinski definition) is 1. The summed E-state index contributed by atoms with van der Waals surface area (Å²) in [5, 5.41) is 12.4. The van der Waals surface area contributed by atoms with E-state index in [1.165, 1.54) is 21.0 Å². The molecule has 182 valence electrons. The average molecular weight is 463 g/mol. The van der Waals surface area contributed by atoms with Gasteiger partial charge >= 0.3 is 17.9 Å². The van der Waals surface area contributed by atoms with Crippen molar-refractivity contribution in [2.75, 3.05) is 7.11 Å². The smallest absolute Gasteiger partial charge is 0.313 e. The highest BCUT2D eigenvalue weighted by molar-refractivity contribution is 5.79. The first-order chi connectivity index (χ1) is 15.4. The molecule has 0 radical (unpaired) electrons. The molecule has 0 amide bonds. The van der Waals surface area contributed by atoms with E-state index < -0.39 is 58.4 Å². The predicted octanol–water partition coefficient (Wildman–Crippen LogP) is 3.15. The lowest BCUT2D eigenvalue weighted by molar-refractivity contribution is -0.298. The third-order valence-corrected chi connectivity index (χ3v) is 8.86. The van der Waals surface area contributed by atoms with Crippen LogP contribution in [0.1, 0.15) is 71.1 Å². The van der Waals surface area contributed by atoms with Gasteiger partial charge in [-0.2, -0.15) is 0 Å². The van der Waals surface area contributed by atoms with Crippen LogP contribution >= 0.6 is 0 Å². The Bertz CT molecular complexity index is 963. The van der Waals surface area contributed by atoms with E-state index in [0.29, 0.717) is 30.6 Å². The van der Waals surface area contributed by atoms with Crippen LogP contribution in [0.4, 0.5) is 0 Å². The Morgan fingerprint density at radius 3 is 2.39 bits per heavy atom. The number of fused-ring (bicyclic) bond motifs is 4. The van der Waals surface area contributed by atoms with E-state index in [4.69, 9.17) is 18.6 Å². The molecule has 8 nitrogen and oxygen atoms in total. The van der Waals surface area contributed by atoms with Crippen molar-refractivity contribution in [1.29, 1.82) is 0 Å². The zero-order chi connectivity index (χ0) is 24.3. The molecule has 0 spiro atoms. The molecule has 1 aromatic heterocycles. The van der Waals surface area contributed by atoms with Crippen molar-refractivity contribution in [3.05, 3.63) is 23.7 Å². The van der Waals surface area contributed by atoms with Crippen LogP contribution in [0.5, 0.6) is 0 Å². The van der Waals surface area contributed by atoms with E-state index >= 15 is 0 Å². The van der Waals surface area contributed by atoms with Gasteiger partial charge in [0.1, 0.15) is 18.0 Å². The molecule has 4 rings (SSSR count). The van der Waals surface area contributed by atoms with Crippen LogP contribution in [0.2, 0.25) is 0 Å². The maximum atomic E-state index is 13.1. The molecule has 33 heavy (non-hydrogen) atoms. The van der Waals surface area contributed by atoms with E-state index in [1.54, 1.807) is 12.3 Å². The summed E-state index contributed by atoms with van der Waals surface area (Å²) in [6.45, 7) is 8.65. The fourth-order valence-electron chi connectivity index (χ4n) is 7.24. The van der Waals surface area contributed by atoms with Crippen molar-refractivity contribution in [2.24, 2.45) is 22.7 Å². The average Bonchev–Trinajstić information content (AvgIpc) is 3.19.